The number of rotatable bonds is 1. The van der Waals surface area contributed by atoms with Crippen molar-refractivity contribution >= 4 is 29.1 Å². The number of carbonyl (C=O) groups is 3. The molecule has 1 aromatic carbocycles. The van der Waals surface area contributed by atoms with E-state index < -0.39 is 11.8 Å². The molecule has 3 amide bonds. The maximum absolute atomic E-state index is 12.2. The first-order valence-corrected chi connectivity index (χ1v) is 7.04. The summed E-state index contributed by atoms with van der Waals surface area (Å²) in [5.41, 5.74) is 3.56. The van der Waals surface area contributed by atoms with Crippen LogP contribution in [-0.4, -0.2) is 31.3 Å². The van der Waals surface area contributed by atoms with Crippen LogP contribution >= 0.6 is 0 Å². The standard InChI is InChI=1S/C15H17N3O3/c1-8-11-7-10(17-14(20)13(19)16-2)6-9-4-3-5-18(12(9)11)15(8)21/h6-8H,3-5H2,1-2H3,(H,16,19)(H,17,20)/t8-/m1/s1. The van der Waals surface area contributed by atoms with E-state index in [1.165, 1.54) is 7.05 Å². The molecule has 0 unspecified atom stereocenters. The Bertz CT molecular complexity index is 654. The summed E-state index contributed by atoms with van der Waals surface area (Å²) >= 11 is 0. The molecule has 1 aromatic rings. The van der Waals surface area contributed by atoms with Crippen LogP contribution < -0.4 is 15.5 Å². The van der Waals surface area contributed by atoms with Crippen molar-refractivity contribution < 1.29 is 14.4 Å². The first kappa shape index (κ1) is 13.6. The Labute approximate surface area is 122 Å². The van der Waals surface area contributed by atoms with Crippen LogP contribution in [0.2, 0.25) is 0 Å². The molecule has 2 aliphatic rings. The molecule has 0 aliphatic carbocycles. The van der Waals surface area contributed by atoms with Crippen LogP contribution in [0.3, 0.4) is 0 Å². The van der Waals surface area contributed by atoms with Crippen LogP contribution in [-0.2, 0) is 20.8 Å². The number of nitrogens with zero attached hydrogens (tertiary/aromatic N) is 1. The van der Waals surface area contributed by atoms with Gasteiger partial charge in [0.15, 0.2) is 0 Å². The quantitative estimate of drug-likeness (QED) is 0.749. The van der Waals surface area contributed by atoms with Gasteiger partial charge < -0.3 is 15.5 Å². The number of likely N-dealkylation sites (N-methyl/N-ethyl adjacent to an activating group) is 1. The van der Waals surface area contributed by atoms with Gasteiger partial charge in [0, 0.05) is 19.3 Å². The van der Waals surface area contributed by atoms with Gasteiger partial charge in [-0.05, 0) is 43.0 Å². The molecule has 110 valence electrons. The number of carbonyl (C=O) groups excluding carboxylic acids is 3. The van der Waals surface area contributed by atoms with Crippen molar-refractivity contribution in [3.63, 3.8) is 0 Å². The number of benzene rings is 1. The number of amides is 3. The Morgan fingerprint density at radius 2 is 2.05 bits per heavy atom. The van der Waals surface area contributed by atoms with Gasteiger partial charge in [0.1, 0.15) is 0 Å². The van der Waals surface area contributed by atoms with Gasteiger partial charge in [-0.3, -0.25) is 14.4 Å². The van der Waals surface area contributed by atoms with Crippen molar-refractivity contribution in [2.75, 3.05) is 23.8 Å². The first-order chi connectivity index (χ1) is 10.0. The van der Waals surface area contributed by atoms with Crippen molar-refractivity contribution in [3.05, 3.63) is 23.3 Å². The van der Waals surface area contributed by atoms with Crippen LogP contribution in [0.4, 0.5) is 11.4 Å². The fourth-order valence-electron chi connectivity index (χ4n) is 3.07. The number of nitrogens with one attached hydrogen (secondary N) is 2. The molecular formula is C15H17N3O3. The molecule has 0 fully saturated rings. The van der Waals surface area contributed by atoms with Gasteiger partial charge in [0.2, 0.25) is 5.91 Å². The van der Waals surface area contributed by atoms with E-state index in [1.807, 2.05) is 17.9 Å². The molecule has 21 heavy (non-hydrogen) atoms. The summed E-state index contributed by atoms with van der Waals surface area (Å²) in [6.07, 6.45) is 1.79. The fourth-order valence-corrected chi connectivity index (χ4v) is 3.07. The maximum Gasteiger partial charge on any atom is 0.313 e. The van der Waals surface area contributed by atoms with Crippen LogP contribution in [0, 0.1) is 0 Å². The lowest BCUT2D eigenvalue weighted by atomic mass is 9.96. The molecule has 0 spiro atoms. The summed E-state index contributed by atoms with van der Waals surface area (Å²) in [5.74, 6) is -1.47. The number of hydrogen-bond donors (Lipinski definition) is 2. The van der Waals surface area contributed by atoms with Crippen molar-refractivity contribution in [1.29, 1.82) is 0 Å². The normalized spacial score (nSPS) is 19.2. The summed E-state index contributed by atoms with van der Waals surface area (Å²) in [7, 11) is 1.41. The molecule has 2 N–H and O–H groups in total. The lowest BCUT2D eigenvalue weighted by Crippen LogP contribution is -2.33. The molecule has 0 saturated carbocycles. The second kappa shape index (κ2) is 4.87. The summed E-state index contributed by atoms with van der Waals surface area (Å²) in [6.45, 7) is 2.63. The zero-order valence-electron chi connectivity index (χ0n) is 12.0. The third kappa shape index (κ3) is 2.07. The van der Waals surface area contributed by atoms with Gasteiger partial charge in [-0.2, -0.15) is 0 Å². The SMILES string of the molecule is CNC(=O)C(=O)Nc1cc2c3c(c1)[C@@H](C)C(=O)N3CCC2. The Morgan fingerprint density at radius 1 is 1.29 bits per heavy atom. The maximum atomic E-state index is 12.2. The van der Waals surface area contributed by atoms with E-state index in [2.05, 4.69) is 10.6 Å². The van der Waals surface area contributed by atoms with E-state index in [0.717, 1.165) is 36.2 Å². The Morgan fingerprint density at radius 3 is 2.76 bits per heavy atom. The highest BCUT2D eigenvalue weighted by Crippen LogP contribution is 2.44. The van der Waals surface area contributed by atoms with Crippen LogP contribution in [0.15, 0.2) is 12.1 Å². The molecule has 2 heterocycles. The predicted molar refractivity (Wildman–Crippen MR) is 78.2 cm³/mol. The number of anilines is 2. The molecule has 6 heteroatoms. The third-order valence-corrected chi connectivity index (χ3v) is 4.11. The van der Waals surface area contributed by atoms with Crippen molar-refractivity contribution in [3.8, 4) is 0 Å². The Balaban J connectivity index is 1.98. The molecule has 0 radical (unpaired) electrons. The van der Waals surface area contributed by atoms with E-state index in [0.29, 0.717) is 5.69 Å². The van der Waals surface area contributed by atoms with E-state index in [1.54, 1.807) is 6.07 Å². The summed E-state index contributed by atoms with van der Waals surface area (Å²) in [6, 6.07) is 3.66. The number of hydrogen-bond acceptors (Lipinski definition) is 3. The highest BCUT2D eigenvalue weighted by molar-refractivity contribution is 6.39. The van der Waals surface area contributed by atoms with Gasteiger partial charge in [0.25, 0.3) is 0 Å². The average molecular weight is 287 g/mol. The summed E-state index contributed by atoms with van der Waals surface area (Å²) in [4.78, 5) is 37.0. The molecule has 2 aliphatic heterocycles. The van der Waals surface area contributed by atoms with Gasteiger partial charge in [-0.15, -0.1) is 0 Å². The van der Waals surface area contributed by atoms with Crippen LogP contribution in [0.1, 0.15) is 30.4 Å². The Hall–Kier alpha value is -2.37. The molecule has 6 nitrogen and oxygen atoms in total. The highest BCUT2D eigenvalue weighted by atomic mass is 16.2. The minimum atomic E-state index is -0.700. The Kier molecular flexibility index (Phi) is 3.16. The summed E-state index contributed by atoms with van der Waals surface area (Å²) < 4.78 is 0. The lowest BCUT2D eigenvalue weighted by molar-refractivity contribution is -0.135. The molecule has 0 saturated heterocycles. The van der Waals surface area contributed by atoms with E-state index in [9.17, 15) is 14.4 Å². The number of aryl methyl sites for hydroxylation is 1. The zero-order chi connectivity index (χ0) is 15.1. The second-order valence-electron chi connectivity index (χ2n) is 5.42. The molecule has 3 rings (SSSR count). The van der Waals surface area contributed by atoms with Crippen molar-refractivity contribution in [1.82, 2.24) is 5.32 Å². The first-order valence-electron chi connectivity index (χ1n) is 7.04. The highest BCUT2D eigenvalue weighted by Gasteiger charge is 2.38. The zero-order valence-corrected chi connectivity index (χ0v) is 12.0. The molecule has 1 atom stereocenters. The molecule has 0 aromatic heterocycles. The largest absolute Gasteiger partial charge is 0.351 e. The minimum absolute atomic E-state index is 0.112. The van der Waals surface area contributed by atoms with Gasteiger partial charge in [0.05, 0.1) is 11.6 Å². The van der Waals surface area contributed by atoms with Crippen LogP contribution in [0.5, 0.6) is 0 Å². The molecule has 0 bridgehead atoms. The average Bonchev–Trinajstić information content (AvgIpc) is 2.73. The van der Waals surface area contributed by atoms with E-state index >= 15 is 0 Å². The van der Waals surface area contributed by atoms with Crippen molar-refractivity contribution in [2.24, 2.45) is 0 Å². The second-order valence-corrected chi connectivity index (χ2v) is 5.42. The van der Waals surface area contributed by atoms with Gasteiger partial charge in [-0.1, -0.05) is 0 Å². The monoisotopic (exact) mass is 287 g/mol. The van der Waals surface area contributed by atoms with E-state index in [-0.39, 0.29) is 11.8 Å². The fraction of sp³-hybridized carbons (Fsp3) is 0.400. The summed E-state index contributed by atoms with van der Waals surface area (Å²) in [5, 5.41) is 4.88. The lowest BCUT2D eigenvalue weighted by Gasteiger charge is -2.26. The third-order valence-electron chi connectivity index (χ3n) is 4.11. The van der Waals surface area contributed by atoms with Gasteiger partial charge >= 0.3 is 11.8 Å². The topological polar surface area (TPSA) is 78.5 Å². The minimum Gasteiger partial charge on any atom is -0.351 e. The predicted octanol–water partition coefficient (Wildman–Crippen LogP) is 0.767. The van der Waals surface area contributed by atoms with Crippen LogP contribution in [0.25, 0.3) is 0 Å². The van der Waals surface area contributed by atoms with Gasteiger partial charge in [-0.25, -0.2) is 0 Å². The van der Waals surface area contributed by atoms with Crippen molar-refractivity contribution in [2.45, 2.75) is 25.7 Å². The molecular weight excluding hydrogens is 270 g/mol. The van der Waals surface area contributed by atoms with E-state index in [4.69, 9.17) is 0 Å². The smallest absolute Gasteiger partial charge is 0.313 e.